The Bertz CT molecular complexity index is 712. The molecule has 0 aliphatic rings. The summed E-state index contributed by atoms with van der Waals surface area (Å²) in [6.45, 7) is 5.65. The summed E-state index contributed by atoms with van der Waals surface area (Å²) in [5, 5.41) is 2.96. The second-order valence-electron chi connectivity index (χ2n) is 5.92. The molecule has 0 aliphatic heterocycles. The zero-order valence-corrected chi connectivity index (χ0v) is 15.3. The molecule has 0 fully saturated rings. The molecule has 2 atom stereocenters. The van der Waals surface area contributed by atoms with Gasteiger partial charge in [0.2, 0.25) is 0 Å². The van der Waals surface area contributed by atoms with Gasteiger partial charge in [-0.2, -0.15) is 0 Å². The molecule has 0 spiro atoms. The number of nitrogens with one attached hydrogen (secondary N) is 1. The smallest absolute Gasteiger partial charge is 0.261 e. The van der Waals surface area contributed by atoms with E-state index in [2.05, 4.69) is 5.32 Å². The second-order valence-corrected chi connectivity index (χ2v) is 5.92. The summed E-state index contributed by atoms with van der Waals surface area (Å²) in [5.74, 6) is 1.78. The van der Waals surface area contributed by atoms with Gasteiger partial charge in [0.15, 0.2) is 17.6 Å². The third-order valence-electron chi connectivity index (χ3n) is 3.97. The average Bonchev–Trinajstić information content (AvgIpc) is 2.62. The van der Waals surface area contributed by atoms with Gasteiger partial charge >= 0.3 is 0 Å². The lowest BCUT2D eigenvalue weighted by atomic mass is 10.1. The van der Waals surface area contributed by atoms with Crippen LogP contribution >= 0.6 is 0 Å². The fourth-order valence-corrected chi connectivity index (χ4v) is 2.41. The van der Waals surface area contributed by atoms with Crippen LogP contribution < -0.4 is 19.5 Å². The predicted molar refractivity (Wildman–Crippen MR) is 97.4 cm³/mol. The highest BCUT2D eigenvalue weighted by molar-refractivity contribution is 5.81. The molecule has 0 unspecified atom stereocenters. The summed E-state index contributed by atoms with van der Waals surface area (Å²) in [5.41, 5.74) is 2.07. The molecule has 2 rings (SSSR count). The van der Waals surface area contributed by atoms with E-state index in [-0.39, 0.29) is 11.9 Å². The van der Waals surface area contributed by atoms with Crippen LogP contribution in [0, 0.1) is 6.92 Å². The van der Waals surface area contributed by atoms with E-state index < -0.39 is 6.10 Å². The van der Waals surface area contributed by atoms with Crippen LogP contribution in [0.1, 0.15) is 31.0 Å². The molecule has 0 bridgehead atoms. The standard InChI is InChI=1S/C20H25NO4/c1-13-6-9-17(10-7-13)25-15(3)20(22)21-14(2)16-8-11-18(23-4)19(12-16)24-5/h6-12,14-15H,1-5H3,(H,21,22)/t14-,15+/m0/s1. The van der Waals surface area contributed by atoms with Crippen LogP contribution in [0.5, 0.6) is 17.2 Å². The van der Waals surface area contributed by atoms with Crippen LogP contribution in [0.15, 0.2) is 42.5 Å². The van der Waals surface area contributed by atoms with Crippen molar-refractivity contribution in [1.82, 2.24) is 5.32 Å². The summed E-state index contributed by atoms with van der Waals surface area (Å²) in [7, 11) is 3.18. The van der Waals surface area contributed by atoms with Crippen LogP contribution in [-0.4, -0.2) is 26.2 Å². The Hall–Kier alpha value is -2.69. The topological polar surface area (TPSA) is 56.8 Å². The molecular formula is C20H25NO4. The minimum atomic E-state index is -0.592. The van der Waals surface area contributed by atoms with E-state index in [9.17, 15) is 4.79 Å². The lowest BCUT2D eigenvalue weighted by molar-refractivity contribution is -0.127. The number of methoxy groups -OCH3 is 2. The van der Waals surface area contributed by atoms with Gasteiger partial charge in [0.1, 0.15) is 5.75 Å². The van der Waals surface area contributed by atoms with Crippen LogP contribution in [0.4, 0.5) is 0 Å². The number of aryl methyl sites for hydroxylation is 1. The van der Waals surface area contributed by atoms with Crippen LogP contribution in [0.25, 0.3) is 0 Å². The van der Waals surface area contributed by atoms with Gasteiger partial charge in [-0.15, -0.1) is 0 Å². The number of rotatable bonds is 7. The van der Waals surface area contributed by atoms with Gasteiger partial charge in [0.25, 0.3) is 5.91 Å². The first kappa shape index (κ1) is 18.6. The SMILES string of the molecule is COc1ccc([C@H](C)NC(=O)[C@@H](C)Oc2ccc(C)cc2)cc1OC. The summed E-state index contributed by atoms with van der Waals surface area (Å²) >= 11 is 0. The lowest BCUT2D eigenvalue weighted by Gasteiger charge is -2.20. The Morgan fingerprint density at radius 3 is 2.20 bits per heavy atom. The summed E-state index contributed by atoms with van der Waals surface area (Å²) in [4.78, 5) is 12.4. The molecule has 2 aromatic rings. The number of hydrogen-bond acceptors (Lipinski definition) is 4. The van der Waals surface area contributed by atoms with E-state index in [1.54, 1.807) is 21.1 Å². The number of ether oxygens (including phenoxy) is 3. The molecule has 0 radical (unpaired) electrons. The van der Waals surface area contributed by atoms with Gasteiger partial charge in [-0.1, -0.05) is 23.8 Å². The minimum absolute atomic E-state index is 0.178. The zero-order valence-electron chi connectivity index (χ0n) is 15.3. The summed E-state index contributed by atoms with van der Waals surface area (Å²) < 4.78 is 16.2. The van der Waals surface area contributed by atoms with E-state index in [0.717, 1.165) is 11.1 Å². The highest BCUT2D eigenvalue weighted by Gasteiger charge is 2.18. The number of amides is 1. The van der Waals surface area contributed by atoms with E-state index in [1.807, 2.05) is 56.3 Å². The Morgan fingerprint density at radius 2 is 1.60 bits per heavy atom. The van der Waals surface area contributed by atoms with Gasteiger partial charge < -0.3 is 19.5 Å². The molecule has 1 amide bonds. The van der Waals surface area contributed by atoms with Crippen molar-refractivity contribution < 1.29 is 19.0 Å². The molecule has 25 heavy (non-hydrogen) atoms. The molecule has 1 N–H and O–H groups in total. The van der Waals surface area contributed by atoms with Gasteiger partial charge in [-0.3, -0.25) is 4.79 Å². The Balaban J connectivity index is 2.00. The largest absolute Gasteiger partial charge is 0.493 e. The fourth-order valence-electron chi connectivity index (χ4n) is 2.41. The quantitative estimate of drug-likeness (QED) is 0.834. The maximum absolute atomic E-state index is 12.4. The van der Waals surface area contributed by atoms with E-state index in [0.29, 0.717) is 17.2 Å². The van der Waals surface area contributed by atoms with Crippen molar-refractivity contribution in [1.29, 1.82) is 0 Å². The first-order valence-electron chi connectivity index (χ1n) is 8.20. The molecular weight excluding hydrogens is 318 g/mol. The number of hydrogen-bond donors (Lipinski definition) is 1. The molecule has 0 heterocycles. The molecule has 0 saturated carbocycles. The van der Waals surface area contributed by atoms with Crippen molar-refractivity contribution in [2.45, 2.75) is 32.9 Å². The molecule has 2 aromatic carbocycles. The maximum Gasteiger partial charge on any atom is 0.261 e. The normalized spacial score (nSPS) is 12.8. The zero-order chi connectivity index (χ0) is 18.4. The molecule has 5 heteroatoms. The number of carbonyl (C=O) groups excluding carboxylic acids is 1. The highest BCUT2D eigenvalue weighted by Crippen LogP contribution is 2.29. The molecule has 134 valence electrons. The van der Waals surface area contributed by atoms with Crippen LogP contribution in [0.2, 0.25) is 0 Å². The van der Waals surface area contributed by atoms with Crippen molar-refractivity contribution in [2.75, 3.05) is 14.2 Å². The Morgan fingerprint density at radius 1 is 0.960 bits per heavy atom. The van der Waals surface area contributed by atoms with Crippen LogP contribution in [0.3, 0.4) is 0 Å². The number of carbonyl (C=O) groups is 1. The van der Waals surface area contributed by atoms with E-state index in [4.69, 9.17) is 14.2 Å². The number of benzene rings is 2. The highest BCUT2D eigenvalue weighted by atomic mass is 16.5. The first-order valence-corrected chi connectivity index (χ1v) is 8.20. The van der Waals surface area contributed by atoms with Crippen molar-refractivity contribution >= 4 is 5.91 Å². The summed E-state index contributed by atoms with van der Waals surface area (Å²) in [6, 6.07) is 13.0. The van der Waals surface area contributed by atoms with Crippen molar-refractivity contribution in [2.24, 2.45) is 0 Å². The average molecular weight is 343 g/mol. The monoisotopic (exact) mass is 343 g/mol. The van der Waals surface area contributed by atoms with E-state index >= 15 is 0 Å². The lowest BCUT2D eigenvalue weighted by Crippen LogP contribution is -2.37. The van der Waals surface area contributed by atoms with Gasteiger partial charge in [0.05, 0.1) is 20.3 Å². The Kier molecular flexibility index (Phi) is 6.28. The molecule has 5 nitrogen and oxygen atoms in total. The second kappa shape index (κ2) is 8.42. The minimum Gasteiger partial charge on any atom is -0.493 e. The van der Waals surface area contributed by atoms with Gasteiger partial charge in [-0.25, -0.2) is 0 Å². The van der Waals surface area contributed by atoms with Crippen molar-refractivity contribution in [3.8, 4) is 17.2 Å². The van der Waals surface area contributed by atoms with E-state index in [1.165, 1.54) is 0 Å². The summed E-state index contributed by atoms with van der Waals surface area (Å²) in [6.07, 6.45) is -0.592. The van der Waals surface area contributed by atoms with Crippen LogP contribution in [-0.2, 0) is 4.79 Å². The molecule has 0 saturated heterocycles. The van der Waals surface area contributed by atoms with Crippen molar-refractivity contribution in [3.63, 3.8) is 0 Å². The van der Waals surface area contributed by atoms with Crippen molar-refractivity contribution in [3.05, 3.63) is 53.6 Å². The van der Waals surface area contributed by atoms with Gasteiger partial charge in [-0.05, 0) is 50.6 Å². The third kappa shape index (κ3) is 4.89. The maximum atomic E-state index is 12.4. The third-order valence-corrected chi connectivity index (χ3v) is 3.97. The van der Waals surface area contributed by atoms with Gasteiger partial charge in [0, 0.05) is 0 Å². The Labute approximate surface area is 148 Å². The predicted octanol–water partition coefficient (Wildman–Crippen LogP) is 3.66. The molecule has 0 aromatic heterocycles. The molecule has 0 aliphatic carbocycles. The fraction of sp³-hybridized carbons (Fsp3) is 0.350. The first-order chi connectivity index (χ1) is 11.9.